The first kappa shape index (κ1) is 14.2. The zero-order valence-corrected chi connectivity index (χ0v) is 12.7. The molecule has 0 unspecified atom stereocenters. The van der Waals surface area contributed by atoms with Gasteiger partial charge in [-0.05, 0) is 24.5 Å². The molecule has 22 heavy (non-hydrogen) atoms. The molecule has 5 nitrogen and oxygen atoms in total. The molecule has 1 aliphatic rings. The van der Waals surface area contributed by atoms with Gasteiger partial charge in [0.15, 0.2) is 0 Å². The number of benzene rings is 1. The van der Waals surface area contributed by atoms with Gasteiger partial charge >= 0.3 is 0 Å². The number of allylic oxidation sites excluding steroid dienone is 1. The summed E-state index contributed by atoms with van der Waals surface area (Å²) in [5.74, 6) is 0.390. The van der Waals surface area contributed by atoms with E-state index >= 15 is 0 Å². The maximum absolute atomic E-state index is 9.57. The molecule has 0 amide bonds. The number of aryl methyl sites for hydroxylation is 2. The molecule has 0 fully saturated rings. The van der Waals surface area contributed by atoms with E-state index in [1.807, 2.05) is 31.2 Å². The van der Waals surface area contributed by atoms with Crippen LogP contribution in [0.1, 0.15) is 41.6 Å². The molecule has 2 aromatic rings. The molecule has 5 heteroatoms. The summed E-state index contributed by atoms with van der Waals surface area (Å²) in [5, 5.41) is 16.8. The lowest BCUT2D eigenvalue weighted by atomic mass is 9.81. The second-order valence-electron chi connectivity index (χ2n) is 5.45. The van der Waals surface area contributed by atoms with E-state index in [4.69, 9.17) is 10.5 Å². The topological polar surface area (TPSA) is 87.7 Å². The lowest BCUT2D eigenvalue weighted by molar-refractivity contribution is 0.378. The smallest absolute Gasteiger partial charge is 0.244 e. The predicted octanol–water partition coefficient (Wildman–Crippen LogP) is 2.89. The van der Waals surface area contributed by atoms with E-state index in [9.17, 15) is 5.26 Å². The highest BCUT2D eigenvalue weighted by molar-refractivity contribution is 5.56. The SMILES string of the molecule is CCCc1[nH]nc2c1[C@H](c1ccccc1C)C(C#N)=C(N)O2. The van der Waals surface area contributed by atoms with Crippen molar-refractivity contribution in [1.82, 2.24) is 10.2 Å². The van der Waals surface area contributed by atoms with E-state index in [2.05, 4.69) is 23.2 Å². The Morgan fingerprint density at radius 1 is 1.41 bits per heavy atom. The Morgan fingerprint density at radius 2 is 2.18 bits per heavy atom. The highest BCUT2D eigenvalue weighted by atomic mass is 16.5. The van der Waals surface area contributed by atoms with Crippen molar-refractivity contribution in [1.29, 1.82) is 5.26 Å². The first-order valence-electron chi connectivity index (χ1n) is 7.37. The van der Waals surface area contributed by atoms with Crippen LogP contribution in [-0.2, 0) is 6.42 Å². The van der Waals surface area contributed by atoms with Gasteiger partial charge in [0.05, 0.1) is 5.92 Å². The van der Waals surface area contributed by atoms with Crippen LogP contribution in [-0.4, -0.2) is 10.2 Å². The van der Waals surface area contributed by atoms with Gasteiger partial charge in [0, 0.05) is 11.3 Å². The maximum atomic E-state index is 9.57. The van der Waals surface area contributed by atoms with Gasteiger partial charge < -0.3 is 10.5 Å². The van der Waals surface area contributed by atoms with Crippen molar-refractivity contribution in [3.63, 3.8) is 0 Å². The largest absolute Gasteiger partial charge is 0.420 e. The van der Waals surface area contributed by atoms with Crippen molar-refractivity contribution >= 4 is 0 Å². The summed E-state index contributed by atoms with van der Waals surface area (Å²) >= 11 is 0. The first-order chi connectivity index (χ1) is 10.7. The summed E-state index contributed by atoms with van der Waals surface area (Å²) in [7, 11) is 0. The molecule has 2 heterocycles. The number of rotatable bonds is 3. The minimum absolute atomic E-state index is 0.137. The van der Waals surface area contributed by atoms with Crippen molar-refractivity contribution in [2.24, 2.45) is 5.73 Å². The monoisotopic (exact) mass is 294 g/mol. The summed E-state index contributed by atoms with van der Waals surface area (Å²) in [5.41, 5.74) is 10.5. The lowest BCUT2D eigenvalue weighted by Gasteiger charge is -2.25. The minimum atomic E-state index is -0.227. The Bertz CT molecular complexity index is 782. The maximum Gasteiger partial charge on any atom is 0.244 e. The number of fused-ring (bicyclic) bond motifs is 1. The highest BCUT2D eigenvalue weighted by Gasteiger charge is 2.35. The second-order valence-corrected chi connectivity index (χ2v) is 5.45. The summed E-state index contributed by atoms with van der Waals surface area (Å²) in [4.78, 5) is 0. The lowest BCUT2D eigenvalue weighted by Crippen LogP contribution is -2.21. The summed E-state index contributed by atoms with van der Waals surface area (Å²) in [6.07, 6.45) is 1.84. The number of nitrogens with one attached hydrogen (secondary N) is 1. The summed E-state index contributed by atoms with van der Waals surface area (Å²) < 4.78 is 5.55. The van der Waals surface area contributed by atoms with E-state index in [1.165, 1.54) is 0 Å². The molecule has 1 atom stereocenters. The molecule has 0 aliphatic carbocycles. The van der Waals surface area contributed by atoms with E-state index in [0.717, 1.165) is 35.2 Å². The number of hydrogen-bond acceptors (Lipinski definition) is 4. The van der Waals surface area contributed by atoms with Gasteiger partial charge in [0.1, 0.15) is 11.6 Å². The standard InChI is InChI=1S/C17H18N4O/c1-3-6-13-15-14(11-8-5-4-7-10(11)2)12(9-18)16(19)22-17(15)21-20-13/h4-5,7-8,14H,3,6,19H2,1-2H3,(H,20,21)/t14-/m1/s1. The third-order valence-corrected chi connectivity index (χ3v) is 4.02. The van der Waals surface area contributed by atoms with Crippen LogP contribution < -0.4 is 10.5 Å². The summed E-state index contributed by atoms with van der Waals surface area (Å²) in [6.45, 7) is 4.14. The van der Waals surface area contributed by atoms with E-state index in [0.29, 0.717) is 11.5 Å². The van der Waals surface area contributed by atoms with E-state index in [-0.39, 0.29) is 11.8 Å². The number of H-pyrrole nitrogens is 1. The molecule has 112 valence electrons. The van der Waals surface area contributed by atoms with Crippen LogP contribution in [0.3, 0.4) is 0 Å². The Balaban J connectivity index is 2.24. The first-order valence-corrected chi connectivity index (χ1v) is 7.37. The fraction of sp³-hybridized carbons (Fsp3) is 0.294. The third-order valence-electron chi connectivity index (χ3n) is 4.02. The van der Waals surface area contributed by atoms with E-state index < -0.39 is 0 Å². The number of aromatic nitrogens is 2. The molecule has 0 radical (unpaired) electrons. The fourth-order valence-electron chi connectivity index (χ4n) is 2.97. The number of aromatic amines is 1. The molecule has 0 spiro atoms. The summed E-state index contributed by atoms with van der Waals surface area (Å²) in [6, 6.07) is 10.2. The van der Waals surface area contributed by atoms with Crippen molar-refractivity contribution in [2.75, 3.05) is 0 Å². The zero-order chi connectivity index (χ0) is 15.7. The van der Waals surface area contributed by atoms with Crippen molar-refractivity contribution < 1.29 is 4.74 Å². The average Bonchev–Trinajstić information content (AvgIpc) is 2.89. The Hall–Kier alpha value is -2.74. The number of ether oxygens (including phenoxy) is 1. The molecule has 3 N–H and O–H groups in total. The quantitative estimate of drug-likeness (QED) is 0.911. The minimum Gasteiger partial charge on any atom is -0.420 e. The van der Waals surface area contributed by atoms with Crippen LogP contribution in [0.5, 0.6) is 5.88 Å². The molecule has 1 aromatic carbocycles. The number of nitriles is 1. The molecular formula is C17H18N4O. The molecule has 0 saturated carbocycles. The Kier molecular flexibility index (Phi) is 3.60. The molecule has 0 saturated heterocycles. The van der Waals surface area contributed by atoms with Gasteiger partial charge in [-0.15, -0.1) is 5.10 Å². The zero-order valence-electron chi connectivity index (χ0n) is 12.7. The van der Waals surface area contributed by atoms with Crippen molar-refractivity contribution in [3.8, 4) is 11.9 Å². The molecular weight excluding hydrogens is 276 g/mol. The number of nitrogens with two attached hydrogens (primary N) is 1. The molecule has 1 aliphatic heterocycles. The van der Waals surface area contributed by atoms with Crippen molar-refractivity contribution in [2.45, 2.75) is 32.6 Å². The van der Waals surface area contributed by atoms with Gasteiger partial charge in [-0.2, -0.15) is 5.26 Å². The van der Waals surface area contributed by atoms with Gasteiger partial charge in [-0.25, -0.2) is 0 Å². The van der Waals surface area contributed by atoms with Crippen LogP contribution in [0.2, 0.25) is 0 Å². The average molecular weight is 294 g/mol. The van der Waals surface area contributed by atoms with Crippen molar-refractivity contribution in [3.05, 3.63) is 58.1 Å². The number of nitrogens with zero attached hydrogens (tertiary/aromatic N) is 2. The van der Waals surface area contributed by atoms with Crippen LogP contribution >= 0.6 is 0 Å². The second kappa shape index (κ2) is 5.57. The Morgan fingerprint density at radius 3 is 2.86 bits per heavy atom. The van der Waals surface area contributed by atoms with Gasteiger partial charge in [0.25, 0.3) is 0 Å². The van der Waals surface area contributed by atoms with Gasteiger partial charge in [0.2, 0.25) is 11.8 Å². The van der Waals surface area contributed by atoms with Crippen LogP contribution in [0, 0.1) is 18.3 Å². The molecule has 1 aromatic heterocycles. The fourth-order valence-corrected chi connectivity index (χ4v) is 2.97. The predicted molar refractivity (Wildman–Crippen MR) is 83.1 cm³/mol. The van der Waals surface area contributed by atoms with Crippen LogP contribution in [0.4, 0.5) is 0 Å². The molecule has 0 bridgehead atoms. The normalized spacial score (nSPS) is 16.9. The molecule has 3 rings (SSSR count). The highest BCUT2D eigenvalue weighted by Crippen LogP contribution is 2.43. The van der Waals surface area contributed by atoms with Crippen LogP contribution in [0.25, 0.3) is 0 Å². The van der Waals surface area contributed by atoms with Crippen LogP contribution in [0.15, 0.2) is 35.7 Å². The van der Waals surface area contributed by atoms with Gasteiger partial charge in [-0.3, -0.25) is 5.10 Å². The third kappa shape index (κ3) is 2.13. The number of hydrogen-bond donors (Lipinski definition) is 2. The van der Waals surface area contributed by atoms with Gasteiger partial charge in [-0.1, -0.05) is 37.6 Å². The van der Waals surface area contributed by atoms with E-state index in [1.54, 1.807) is 0 Å². The Labute approximate surface area is 129 Å².